The molecule has 3 N–H and O–H groups in total. The molecule has 0 saturated heterocycles. The van der Waals surface area contributed by atoms with Gasteiger partial charge in [0.25, 0.3) is 0 Å². The molecule has 1 fully saturated rings. The Morgan fingerprint density at radius 2 is 1.94 bits per heavy atom. The van der Waals surface area contributed by atoms with E-state index in [-0.39, 0.29) is 12.0 Å². The van der Waals surface area contributed by atoms with E-state index in [0.717, 1.165) is 38.4 Å². The number of rotatable bonds is 9. The second-order valence-electron chi connectivity index (χ2n) is 5.34. The quantitative estimate of drug-likeness (QED) is 0.335. The maximum Gasteiger partial charge on any atom is 0.191 e. The molecule has 0 unspecified atom stereocenters. The summed E-state index contributed by atoms with van der Waals surface area (Å²) in [7, 11) is 0. The standard InChI is InChI=1S/C14H29N3O/c1-3-5-6-7-10-16-13(15-4-2)17-11-14(12-18)8-9-14/h18H,3-12H2,1-2H3,(H2,15,16,17). The summed E-state index contributed by atoms with van der Waals surface area (Å²) in [6.07, 6.45) is 7.29. The van der Waals surface area contributed by atoms with Crippen molar-refractivity contribution in [2.45, 2.75) is 52.4 Å². The second-order valence-corrected chi connectivity index (χ2v) is 5.34. The van der Waals surface area contributed by atoms with Gasteiger partial charge in [-0.25, -0.2) is 0 Å². The molecule has 0 aromatic rings. The predicted molar refractivity (Wildman–Crippen MR) is 76.9 cm³/mol. The Morgan fingerprint density at radius 3 is 2.50 bits per heavy atom. The number of aliphatic hydroxyl groups is 1. The predicted octanol–water partition coefficient (Wildman–Crippen LogP) is 1.89. The monoisotopic (exact) mass is 255 g/mol. The second kappa shape index (κ2) is 8.35. The summed E-state index contributed by atoms with van der Waals surface area (Å²) in [6, 6.07) is 0. The molecule has 0 aromatic heterocycles. The fourth-order valence-electron chi connectivity index (χ4n) is 1.89. The van der Waals surface area contributed by atoms with Crippen molar-refractivity contribution < 1.29 is 5.11 Å². The summed E-state index contributed by atoms with van der Waals surface area (Å²) in [5, 5.41) is 15.9. The van der Waals surface area contributed by atoms with Gasteiger partial charge in [-0.15, -0.1) is 0 Å². The van der Waals surface area contributed by atoms with Crippen molar-refractivity contribution in [3.05, 3.63) is 0 Å². The Labute approximate surface area is 111 Å². The van der Waals surface area contributed by atoms with E-state index in [2.05, 4.69) is 29.5 Å². The maximum atomic E-state index is 9.26. The molecular weight excluding hydrogens is 226 g/mol. The van der Waals surface area contributed by atoms with Crippen LogP contribution >= 0.6 is 0 Å². The van der Waals surface area contributed by atoms with Gasteiger partial charge in [-0.3, -0.25) is 4.99 Å². The topological polar surface area (TPSA) is 56.7 Å². The molecule has 0 aromatic carbocycles. The molecule has 4 nitrogen and oxygen atoms in total. The lowest BCUT2D eigenvalue weighted by Gasteiger charge is -2.13. The van der Waals surface area contributed by atoms with Crippen LogP contribution in [0.5, 0.6) is 0 Å². The molecule has 0 heterocycles. The Kier molecular flexibility index (Phi) is 7.09. The number of hydrogen-bond acceptors (Lipinski definition) is 2. The molecule has 1 aliphatic carbocycles. The van der Waals surface area contributed by atoms with Crippen LogP contribution in [-0.2, 0) is 0 Å². The van der Waals surface area contributed by atoms with Crippen LogP contribution in [0.1, 0.15) is 52.4 Å². The number of unbranched alkanes of at least 4 members (excludes halogenated alkanes) is 3. The van der Waals surface area contributed by atoms with Crippen molar-refractivity contribution >= 4 is 5.96 Å². The van der Waals surface area contributed by atoms with E-state index in [1.165, 1.54) is 25.7 Å². The highest BCUT2D eigenvalue weighted by Crippen LogP contribution is 2.45. The normalized spacial score (nSPS) is 17.6. The zero-order valence-electron chi connectivity index (χ0n) is 12.0. The molecule has 106 valence electrons. The fourth-order valence-corrected chi connectivity index (χ4v) is 1.89. The highest BCUT2D eigenvalue weighted by Gasteiger charge is 2.41. The Balaban J connectivity index is 2.23. The molecule has 0 radical (unpaired) electrons. The average molecular weight is 255 g/mol. The van der Waals surface area contributed by atoms with Gasteiger partial charge in [0.15, 0.2) is 5.96 Å². The van der Waals surface area contributed by atoms with Gasteiger partial charge >= 0.3 is 0 Å². The van der Waals surface area contributed by atoms with Crippen LogP contribution in [0.2, 0.25) is 0 Å². The lowest BCUT2D eigenvalue weighted by Crippen LogP contribution is -2.38. The molecular formula is C14H29N3O. The lowest BCUT2D eigenvalue weighted by atomic mass is 10.1. The van der Waals surface area contributed by atoms with Crippen LogP contribution < -0.4 is 10.6 Å². The van der Waals surface area contributed by atoms with Crippen LogP contribution in [0, 0.1) is 5.41 Å². The number of aliphatic hydroxyl groups excluding tert-OH is 1. The van der Waals surface area contributed by atoms with E-state index in [1.807, 2.05) is 0 Å². The van der Waals surface area contributed by atoms with Crippen molar-refractivity contribution in [3.8, 4) is 0 Å². The summed E-state index contributed by atoms with van der Waals surface area (Å²) in [5.74, 6) is 0.897. The van der Waals surface area contributed by atoms with E-state index < -0.39 is 0 Å². The van der Waals surface area contributed by atoms with Gasteiger partial charge in [-0.2, -0.15) is 0 Å². The highest BCUT2D eigenvalue weighted by molar-refractivity contribution is 5.79. The maximum absolute atomic E-state index is 9.26. The first kappa shape index (κ1) is 15.3. The van der Waals surface area contributed by atoms with Gasteiger partial charge in [-0.05, 0) is 26.2 Å². The zero-order valence-corrected chi connectivity index (χ0v) is 12.0. The van der Waals surface area contributed by atoms with Gasteiger partial charge in [-0.1, -0.05) is 26.2 Å². The van der Waals surface area contributed by atoms with Crippen molar-refractivity contribution in [2.75, 3.05) is 26.2 Å². The van der Waals surface area contributed by atoms with Crippen LogP contribution in [0.15, 0.2) is 4.99 Å². The van der Waals surface area contributed by atoms with Crippen LogP contribution in [-0.4, -0.2) is 37.3 Å². The van der Waals surface area contributed by atoms with Gasteiger partial charge < -0.3 is 15.7 Å². The summed E-state index contributed by atoms with van der Waals surface area (Å²) < 4.78 is 0. The third-order valence-electron chi connectivity index (χ3n) is 3.53. The van der Waals surface area contributed by atoms with E-state index in [0.29, 0.717) is 0 Å². The van der Waals surface area contributed by atoms with Gasteiger partial charge in [0.1, 0.15) is 0 Å². The molecule has 0 atom stereocenters. The first-order chi connectivity index (χ1) is 8.76. The minimum atomic E-state index is 0.102. The smallest absolute Gasteiger partial charge is 0.191 e. The number of nitrogens with zero attached hydrogens (tertiary/aromatic N) is 1. The molecule has 1 saturated carbocycles. The van der Waals surface area contributed by atoms with E-state index in [9.17, 15) is 5.11 Å². The van der Waals surface area contributed by atoms with Gasteiger partial charge in [0.2, 0.25) is 0 Å². The first-order valence-electron chi connectivity index (χ1n) is 7.39. The van der Waals surface area contributed by atoms with Gasteiger partial charge in [0, 0.05) is 18.5 Å². The number of hydrogen-bond donors (Lipinski definition) is 3. The summed E-state index contributed by atoms with van der Waals surface area (Å²) in [4.78, 5) is 4.57. The molecule has 0 spiro atoms. The molecule has 0 amide bonds. The lowest BCUT2D eigenvalue weighted by molar-refractivity contribution is 0.217. The van der Waals surface area contributed by atoms with Crippen LogP contribution in [0.4, 0.5) is 0 Å². The third kappa shape index (κ3) is 5.71. The third-order valence-corrected chi connectivity index (χ3v) is 3.53. The molecule has 0 aliphatic heterocycles. The van der Waals surface area contributed by atoms with Crippen molar-refractivity contribution in [2.24, 2.45) is 10.4 Å². The Bertz CT molecular complexity index is 249. The van der Waals surface area contributed by atoms with E-state index in [4.69, 9.17) is 0 Å². The van der Waals surface area contributed by atoms with Crippen molar-refractivity contribution in [3.63, 3.8) is 0 Å². The van der Waals surface area contributed by atoms with Crippen LogP contribution in [0.3, 0.4) is 0 Å². The average Bonchev–Trinajstić information content (AvgIpc) is 3.16. The zero-order chi connectivity index (χ0) is 13.3. The van der Waals surface area contributed by atoms with Crippen LogP contribution in [0.25, 0.3) is 0 Å². The number of guanidine groups is 1. The van der Waals surface area contributed by atoms with Crippen molar-refractivity contribution in [1.82, 2.24) is 10.6 Å². The largest absolute Gasteiger partial charge is 0.396 e. The summed E-state index contributed by atoms with van der Waals surface area (Å²) in [5.41, 5.74) is 0.102. The van der Waals surface area contributed by atoms with Crippen molar-refractivity contribution in [1.29, 1.82) is 0 Å². The minimum Gasteiger partial charge on any atom is -0.396 e. The summed E-state index contributed by atoms with van der Waals surface area (Å²) >= 11 is 0. The van der Waals surface area contributed by atoms with Gasteiger partial charge in [0.05, 0.1) is 13.2 Å². The molecule has 4 heteroatoms. The van der Waals surface area contributed by atoms with E-state index >= 15 is 0 Å². The Hall–Kier alpha value is -0.770. The molecule has 1 aliphatic rings. The highest BCUT2D eigenvalue weighted by atomic mass is 16.3. The SMILES string of the molecule is CCCCCCNC(=NCC1(CO)CC1)NCC. The fraction of sp³-hybridized carbons (Fsp3) is 0.929. The minimum absolute atomic E-state index is 0.102. The Morgan fingerprint density at radius 1 is 1.17 bits per heavy atom. The molecule has 18 heavy (non-hydrogen) atoms. The number of nitrogens with one attached hydrogen (secondary N) is 2. The van der Waals surface area contributed by atoms with E-state index in [1.54, 1.807) is 0 Å². The summed E-state index contributed by atoms with van der Waals surface area (Å²) in [6.45, 7) is 7.18. The molecule has 1 rings (SSSR count). The first-order valence-corrected chi connectivity index (χ1v) is 7.39. The number of aliphatic imine (C=N–C) groups is 1. The molecule has 0 bridgehead atoms.